The predicted octanol–water partition coefficient (Wildman–Crippen LogP) is 14.4. The van der Waals surface area contributed by atoms with Gasteiger partial charge in [-0.3, -0.25) is 0 Å². The summed E-state index contributed by atoms with van der Waals surface area (Å²) in [6, 6.07) is 66.7. The number of aromatic nitrogens is 3. The zero-order valence-electron chi connectivity index (χ0n) is 32.6. The van der Waals surface area contributed by atoms with Gasteiger partial charge in [0.25, 0.3) is 0 Å². The second-order valence-corrected chi connectivity index (χ2v) is 16.1. The molecule has 1 aliphatic carbocycles. The van der Waals surface area contributed by atoms with E-state index in [9.17, 15) is 0 Å². The summed E-state index contributed by atoms with van der Waals surface area (Å²) in [4.78, 5) is 10.4. The van der Waals surface area contributed by atoms with Crippen LogP contribution in [-0.4, -0.2) is 14.5 Å². The molecule has 278 valence electrons. The van der Waals surface area contributed by atoms with E-state index in [1.54, 1.807) is 0 Å². The van der Waals surface area contributed by atoms with Gasteiger partial charge in [0.05, 0.1) is 22.4 Å². The van der Waals surface area contributed by atoms with E-state index in [2.05, 4.69) is 194 Å². The maximum Gasteiger partial charge on any atom is 0.161 e. The van der Waals surface area contributed by atoms with Crippen molar-refractivity contribution in [2.24, 2.45) is 0 Å². The molecule has 0 atom stereocenters. The van der Waals surface area contributed by atoms with E-state index in [0.717, 1.165) is 66.8 Å². The molecule has 0 saturated heterocycles. The van der Waals surface area contributed by atoms with Crippen molar-refractivity contribution in [2.75, 3.05) is 0 Å². The van der Waals surface area contributed by atoms with E-state index in [1.807, 2.05) is 12.1 Å². The Kier molecular flexibility index (Phi) is 7.24. The minimum Gasteiger partial charge on any atom is -0.455 e. The van der Waals surface area contributed by atoms with Gasteiger partial charge in [0, 0.05) is 54.9 Å². The second-order valence-electron chi connectivity index (χ2n) is 16.1. The van der Waals surface area contributed by atoms with Crippen LogP contribution in [0.2, 0.25) is 0 Å². The zero-order chi connectivity index (χ0) is 39.2. The SMILES string of the molecule is CC1(C)c2ccccc2-c2ccc3c4ccccc4n(-c4ccc5oc6c(-c7ccccc7-c7nc(-c8ccccc8)cc(-c8ccccc8)n7)cccc6c5c4)c3c21. The Labute approximate surface area is 341 Å². The van der Waals surface area contributed by atoms with Crippen molar-refractivity contribution in [3.05, 3.63) is 199 Å². The Bertz CT molecular complexity index is 3410. The second kappa shape index (κ2) is 12.7. The van der Waals surface area contributed by atoms with Crippen molar-refractivity contribution in [3.63, 3.8) is 0 Å². The molecule has 0 bridgehead atoms. The van der Waals surface area contributed by atoms with E-state index in [4.69, 9.17) is 14.4 Å². The van der Waals surface area contributed by atoms with Crippen LogP contribution in [-0.2, 0) is 5.41 Å². The number of nitrogens with zero attached hydrogens (tertiary/aromatic N) is 3. The lowest BCUT2D eigenvalue weighted by Gasteiger charge is -2.23. The van der Waals surface area contributed by atoms with Gasteiger partial charge in [-0.2, -0.15) is 0 Å². The van der Waals surface area contributed by atoms with Gasteiger partial charge in [0.15, 0.2) is 5.82 Å². The summed E-state index contributed by atoms with van der Waals surface area (Å²) >= 11 is 0. The number of benzene rings is 8. The summed E-state index contributed by atoms with van der Waals surface area (Å²) in [5.41, 5.74) is 17.3. The summed E-state index contributed by atoms with van der Waals surface area (Å²) in [6.07, 6.45) is 0. The smallest absolute Gasteiger partial charge is 0.161 e. The molecule has 59 heavy (non-hydrogen) atoms. The Morgan fingerprint density at radius 1 is 0.458 bits per heavy atom. The zero-order valence-corrected chi connectivity index (χ0v) is 32.6. The van der Waals surface area contributed by atoms with E-state index in [1.165, 1.54) is 44.1 Å². The summed E-state index contributed by atoms with van der Waals surface area (Å²) in [5, 5.41) is 4.66. The van der Waals surface area contributed by atoms with Crippen molar-refractivity contribution in [3.8, 4) is 61.8 Å². The highest BCUT2D eigenvalue weighted by Crippen LogP contribution is 2.53. The molecule has 0 saturated carbocycles. The topological polar surface area (TPSA) is 43.9 Å². The van der Waals surface area contributed by atoms with Crippen molar-refractivity contribution in [1.29, 1.82) is 0 Å². The molecular weight excluding hydrogens is 719 g/mol. The molecule has 0 aliphatic heterocycles. The normalized spacial score (nSPS) is 13.1. The first-order chi connectivity index (χ1) is 29.0. The third-order valence-corrected chi connectivity index (χ3v) is 12.4. The number of hydrogen-bond acceptors (Lipinski definition) is 3. The van der Waals surface area contributed by atoms with Crippen LogP contribution < -0.4 is 0 Å². The fraction of sp³-hybridized carbons (Fsp3) is 0.0545. The first-order valence-corrected chi connectivity index (χ1v) is 20.2. The van der Waals surface area contributed by atoms with Crippen LogP contribution in [0.4, 0.5) is 0 Å². The van der Waals surface area contributed by atoms with Gasteiger partial charge in [0.2, 0.25) is 0 Å². The molecule has 4 heteroatoms. The van der Waals surface area contributed by atoms with Crippen LogP contribution in [0.15, 0.2) is 192 Å². The standard InChI is InChI=1S/C55H37N3O/c1-55(2)46-26-13-11-21-38(46)40-29-30-41-39-22-12-14-27-49(39)58(52(41)51(40)55)36-28-31-50-45(32-36)43-25-15-24-42(53(43)59-50)37-20-9-10-23-44(37)54-56-47(34-16-5-3-6-17-34)33-48(57-54)35-18-7-4-8-19-35/h3-33H,1-2H3. The van der Waals surface area contributed by atoms with Gasteiger partial charge in [-0.05, 0) is 58.1 Å². The Hall–Kier alpha value is -7.56. The van der Waals surface area contributed by atoms with E-state index >= 15 is 0 Å². The minimum absolute atomic E-state index is 0.168. The van der Waals surface area contributed by atoms with Gasteiger partial charge in [-0.15, -0.1) is 0 Å². The number of furan rings is 1. The van der Waals surface area contributed by atoms with Crippen LogP contribution in [0, 0.1) is 0 Å². The van der Waals surface area contributed by atoms with Gasteiger partial charge in [-0.25, -0.2) is 9.97 Å². The Morgan fingerprint density at radius 2 is 1.08 bits per heavy atom. The molecule has 12 rings (SSSR count). The first kappa shape index (κ1) is 33.6. The van der Waals surface area contributed by atoms with Crippen molar-refractivity contribution in [2.45, 2.75) is 19.3 Å². The summed E-state index contributed by atoms with van der Waals surface area (Å²) in [7, 11) is 0. The van der Waals surface area contributed by atoms with Crippen LogP contribution in [0.1, 0.15) is 25.0 Å². The average Bonchev–Trinajstić information content (AvgIpc) is 3.92. The molecule has 3 aromatic heterocycles. The van der Waals surface area contributed by atoms with Gasteiger partial charge in [0.1, 0.15) is 11.2 Å². The highest BCUT2D eigenvalue weighted by molar-refractivity contribution is 6.15. The van der Waals surface area contributed by atoms with Crippen molar-refractivity contribution >= 4 is 43.7 Å². The summed E-state index contributed by atoms with van der Waals surface area (Å²) < 4.78 is 9.34. The van der Waals surface area contributed by atoms with E-state index in [-0.39, 0.29) is 5.41 Å². The lowest BCUT2D eigenvalue weighted by atomic mass is 9.81. The Morgan fingerprint density at radius 3 is 1.85 bits per heavy atom. The minimum atomic E-state index is -0.168. The monoisotopic (exact) mass is 755 g/mol. The van der Waals surface area contributed by atoms with Gasteiger partial charge in [-0.1, -0.05) is 172 Å². The highest BCUT2D eigenvalue weighted by Gasteiger charge is 2.38. The van der Waals surface area contributed by atoms with E-state index in [0.29, 0.717) is 5.82 Å². The molecule has 11 aromatic rings. The maximum atomic E-state index is 6.86. The largest absolute Gasteiger partial charge is 0.455 e. The molecular formula is C55H37N3O. The molecule has 1 aliphatic rings. The van der Waals surface area contributed by atoms with Gasteiger partial charge < -0.3 is 8.98 Å². The van der Waals surface area contributed by atoms with Crippen LogP contribution in [0.5, 0.6) is 0 Å². The summed E-state index contributed by atoms with van der Waals surface area (Å²) in [5.74, 6) is 0.667. The number of fused-ring (bicyclic) bond motifs is 10. The summed E-state index contributed by atoms with van der Waals surface area (Å²) in [6.45, 7) is 4.74. The molecule has 0 spiro atoms. The van der Waals surface area contributed by atoms with Crippen molar-refractivity contribution in [1.82, 2.24) is 14.5 Å². The molecule has 0 amide bonds. The van der Waals surface area contributed by atoms with Crippen LogP contribution in [0.3, 0.4) is 0 Å². The number of rotatable bonds is 5. The quantitative estimate of drug-likeness (QED) is 0.176. The molecule has 3 heterocycles. The van der Waals surface area contributed by atoms with E-state index < -0.39 is 0 Å². The van der Waals surface area contributed by atoms with Crippen LogP contribution in [0.25, 0.3) is 106 Å². The van der Waals surface area contributed by atoms with Crippen molar-refractivity contribution < 1.29 is 4.42 Å². The fourth-order valence-electron chi connectivity index (χ4n) is 9.71. The highest BCUT2D eigenvalue weighted by atomic mass is 16.3. The third kappa shape index (κ3) is 5.03. The lowest BCUT2D eigenvalue weighted by molar-refractivity contribution is 0.663. The first-order valence-electron chi connectivity index (χ1n) is 20.2. The molecule has 0 radical (unpaired) electrons. The maximum absolute atomic E-state index is 6.86. The molecule has 0 unspecified atom stereocenters. The average molecular weight is 756 g/mol. The molecule has 0 N–H and O–H groups in total. The Balaban J connectivity index is 1.05. The molecule has 8 aromatic carbocycles. The van der Waals surface area contributed by atoms with Gasteiger partial charge >= 0.3 is 0 Å². The number of para-hydroxylation sites is 2. The third-order valence-electron chi connectivity index (χ3n) is 12.4. The fourth-order valence-corrected chi connectivity index (χ4v) is 9.71. The van der Waals surface area contributed by atoms with Crippen LogP contribution >= 0.6 is 0 Å². The number of hydrogen-bond donors (Lipinski definition) is 0. The molecule has 0 fully saturated rings. The lowest BCUT2D eigenvalue weighted by Crippen LogP contribution is -2.16. The predicted molar refractivity (Wildman–Crippen MR) is 243 cm³/mol. The molecule has 4 nitrogen and oxygen atoms in total.